The minimum absolute atomic E-state index is 0.0886. The average Bonchev–Trinajstić information content (AvgIpc) is 2.80. The van der Waals surface area contributed by atoms with E-state index in [1.807, 2.05) is 45.0 Å². The highest BCUT2D eigenvalue weighted by Gasteiger charge is 2.25. The zero-order valence-corrected chi connectivity index (χ0v) is 19.9. The Morgan fingerprint density at radius 3 is 2.39 bits per heavy atom. The fourth-order valence-electron chi connectivity index (χ4n) is 4.24. The van der Waals surface area contributed by atoms with E-state index in [0.29, 0.717) is 30.2 Å². The summed E-state index contributed by atoms with van der Waals surface area (Å²) in [7, 11) is -3.82. The number of sulfonamides is 1. The molecule has 3 aromatic carbocycles. The average molecular weight is 465 g/mol. The summed E-state index contributed by atoms with van der Waals surface area (Å²) in [6, 6.07) is 17.8. The Morgan fingerprint density at radius 1 is 1.03 bits per heavy atom. The number of amides is 1. The van der Waals surface area contributed by atoms with Crippen molar-refractivity contribution in [1.82, 2.24) is 0 Å². The molecule has 6 nitrogen and oxygen atoms in total. The first kappa shape index (κ1) is 22.9. The first-order valence-electron chi connectivity index (χ1n) is 11.1. The van der Waals surface area contributed by atoms with Gasteiger partial charge in [0.2, 0.25) is 0 Å². The molecule has 0 bridgehead atoms. The second-order valence-corrected chi connectivity index (χ2v) is 9.88. The molecule has 172 valence electrons. The van der Waals surface area contributed by atoms with Crippen LogP contribution >= 0.6 is 0 Å². The lowest BCUT2D eigenvalue weighted by Crippen LogP contribution is -2.35. The minimum atomic E-state index is -3.82. The van der Waals surface area contributed by atoms with E-state index in [1.165, 1.54) is 0 Å². The van der Waals surface area contributed by atoms with E-state index in [0.717, 1.165) is 35.2 Å². The highest BCUT2D eigenvalue weighted by Crippen LogP contribution is 2.33. The van der Waals surface area contributed by atoms with E-state index >= 15 is 0 Å². The van der Waals surface area contributed by atoms with Crippen LogP contribution in [0.1, 0.15) is 40.4 Å². The van der Waals surface area contributed by atoms with Gasteiger partial charge in [-0.05, 0) is 86.7 Å². The highest BCUT2D eigenvalue weighted by atomic mass is 32.2. The first-order valence-corrected chi connectivity index (χ1v) is 12.5. The van der Waals surface area contributed by atoms with Gasteiger partial charge >= 0.3 is 0 Å². The number of hydrogen-bond acceptors (Lipinski definition) is 4. The van der Waals surface area contributed by atoms with E-state index in [4.69, 9.17) is 4.74 Å². The van der Waals surface area contributed by atoms with Gasteiger partial charge in [0.15, 0.2) is 0 Å². The topological polar surface area (TPSA) is 75.7 Å². The van der Waals surface area contributed by atoms with E-state index in [-0.39, 0.29) is 10.8 Å². The second kappa shape index (κ2) is 9.27. The number of carbonyl (C=O) groups is 1. The molecule has 1 aliphatic heterocycles. The molecule has 0 fully saturated rings. The molecule has 0 spiro atoms. The summed E-state index contributed by atoms with van der Waals surface area (Å²) in [6.07, 6.45) is 1.71. The molecule has 33 heavy (non-hydrogen) atoms. The standard InChI is InChI=1S/C26H28N2O4S/c1-4-32-25-18(2)15-23(16-19(25)3)33(30,31)27-22-13-12-20-11-8-14-28(24(20)17-22)26(29)21-9-6-5-7-10-21/h5-7,9-10,12-13,15-17,27H,4,8,11,14H2,1-3H3. The quantitative estimate of drug-likeness (QED) is 0.551. The van der Waals surface area contributed by atoms with Crippen molar-refractivity contribution in [3.63, 3.8) is 0 Å². The van der Waals surface area contributed by atoms with Gasteiger partial charge in [0.05, 0.1) is 17.2 Å². The van der Waals surface area contributed by atoms with Crippen molar-refractivity contribution in [2.45, 2.75) is 38.5 Å². The number of hydrogen-bond donors (Lipinski definition) is 1. The van der Waals surface area contributed by atoms with E-state index in [2.05, 4.69) is 4.72 Å². The number of benzene rings is 3. The van der Waals surface area contributed by atoms with Gasteiger partial charge in [-0.1, -0.05) is 24.3 Å². The van der Waals surface area contributed by atoms with Crippen LogP contribution in [0.25, 0.3) is 0 Å². The Balaban J connectivity index is 1.64. The summed E-state index contributed by atoms with van der Waals surface area (Å²) in [4.78, 5) is 15.0. The summed E-state index contributed by atoms with van der Waals surface area (Å²) >= 11 is 0. The van der Waals surface area contributed by atoms with Gasteiger partial charge in [0.1, 0.15) is 5.75 Å². The molecule has 0 saturated carbocycles. The van der Waals surface area contributed by atoms with Gasteiger partial charge in [-0.25, -0.2) is 8.42 Å². The van der Waals surface area contributed by atoms with Crippen molar-refractivity contribution in [3.8, 4) is 5.75 Å². The van der Waals surface area contributed by atoms with Crippen molar-refractivity contribution in [3.05, 3.63) is 82.9 Å². The lowest BCUT2D eigenvalue weighted by molar-refractivity contribution is 0.0985. The number of carbonyl (C=O) groups excluding carboxylic acids is 1. The number of aryl methyl sites for hydroxylation is 3. The third-order valence-corrected chi connectivity index (χ3v) is 7.12. The smallest absolute Gasteiger partial charge is 0.261 e. The molecule has 0 saturated heterocycles. The number of fused-ring (bicyclic) bond motifs is 1. The van der Waals surface area contributed by atoms with Gasteiger partial charge in [0.25, 0.3) is 15.9 Å². The second-order valence-electron chi connectivity index (χ2n) is 8.19. The number of nitrogens with one attached hydrogen (secondary N) is 1. The molecule has 4 rings (SSSR count). The molecule has 0 aromatic heterocycles. The molecule has 7 heteroatoms. The molecule has 1 amide bonds. The van der Waals surface area contributed by atoms with Crippen molar-refractivity contribution in [2.75, 3.05) is 22.8 Å². The zero-order valence-electron chi connectivity index (χ0n) is 19.1. The van der Waals surface area contributed by atoms with E-state index in [9.17, 15) is 13.2 Å². The van der Waals surface area contributed by atoms with Crippen LogP contribution in [0.2, 0.25) is 0 Å². The van der Waals surface area contributed by atoms with Crippen molar-refractivity contribution in [1.29, 1.82) is 0 Å². The molecule has 0 aliphatic carbocycles. The molecule has 1 heterocycles. The Labute approximate surface area is 195 Å². The summed E-state index contributed by atoms with van der Waals surface area (Å²) < 4.78 is 34.6. The minimum Gasteiger partial charge on any atom is -0.493 e. The van der Waals surface area contributed by atoms with E-state index < -0.39 is 10.0 Å². The molecule has 1 aliphatic rings. The van der Waals surface area contributed by atoms with Crippen LogP contribution in [0.5, 0.6) is 5.75 Å². The normalized spacial score (nSPS) is 13.4. The molecular weight excluding hydrogens is 436 g/mol. The molecule has 0 atom stereocenters. The number of ether oxygens (including phenoxy) is 1. The fraction of sp³-hybridized carbons (Fsp3) is 0.269. The van der Waals surface area contributed by atoms with Crippen molar-refractivity contribution < 1.29 is 17.9 Å². The Morgan fingerprint density at radius 2 is 1.73 bits per heavy atom. The first-order chi connectivity index (χ1) is 15.8. The molecule has 1 N–H and O–H groups in total. The van der Waals surface area contributed by atoms with Gasteiger partial charge in [-0.2, -0.15) is 0 Å². The van der Waals surface area contributed by atoms with Gasteiger partial charge in [0, 0.05) is 17.8 Å². The molecule has 0 unspecified atom stereocenters. The Bertz CT molecular complexity index is 1260. The Kier molecular flexibility index (Phi) is 6.42. The third-order valence-electron chi connectivity index (χ3n) is 5.75. The van der Waals surface area contributed by atoms with Crippen LogP contribution < -0.4 is 14.4 Å². The van der Waals surface area contributed by atoms with Crippen LogP contribution in [-0.2, 0) is 16.4 Å². The lowest BCUT2D eigenvalue weighted by Gasteiger charge is -2.30. The maximum atomic E-state index is 13.1. The molecule has 3 aromatic rings. The highest BCUT2D eigenvalue weighted by molar-refractivity contribution is 7.92. The number of rotatable bonds is 6. The maximum Gasteiger partial charge on any atom is 0.261 e. The van der Waals surface area contributed by atoms with Crippen molar-refractivity contribution >= 4 is 27.3 Å². The van der Waals surface area contributed by atoms with Crippen LogP contribution in [0.3, 0.4) is 0 Å². The summed E-state index contributed by atoms with van der Waals surface area (Å²) in [5.41, 5.74) is 4.34. The summed E-state index contributed by atoms with van der Waals surface area (Å²) in [6.45, 7) is 6.67. The van der Waals surface area contributed by atoms with E-state index in [1.54, 1.807) is 41.3 Å². The largest absolute Gasteiger partial charge is 0.493 e. The predicted octanol–water partition coefficient (Wildman–Crippen LogP) is 5.10. The summed E-state index contributed by atoms with van der Waals surface area (Å²) in [5, 5.41) is 0. The SMILES string of the molecule is CCOc1c(C)cc(S(=O)(=O)Nc2ccc3c(c2)N(C(=O)c2ccccc2)CCC3)cc1C. The zero-order chi connectivity index (χ0) is 23.6. The van der Waals surface area contributed by atoms with Crippen molar-refractivity contribution in [2.24, 2.45) is 0 Å². The lowest BCUT2D eigenvalue weighted by atomic mass is 10.00. The van der Waals surface area contributed by atoms with Crippen LogP contribution in [-0.4, -0.2) is 27.5 Å². The monoisotopic (exact) mass is 464 g/mol. The van der Waals surface area contributed by atoms with Crippen LogP contribution in [0.4, 0.5) is 11.4 Å². The van der Waals surface area contributed by atoms with Crippen LogP contribution in [0, 0.1) is 13.8 Å². The van der Waals surface area contributed by atoms with Gasteiger partial charge in [-0.3, -0.25) is 9.52 Å². The molecular formula is C26H28N2O4S. The fourth-order valence-corrected chi connectivity index (χ4v) is 5.46. The third kappa shape index (κ3) is 4.73. The van der Waals surface area contributed by atoms with Gasteiger partial charge < -0.3 is 9.64 Å². The molecule has 0 radical (unpaired) electrons. The maximum absolute atomic E-state index is 13.1. The Hall–Kier alpha value is -3.32. The number of anilines is 2. The number of nitrogens with zero attached hydrogens (tertiary/aromatic N) is 1. The summed E-state index contributed by atoms with van der Waals surface area (Å²) in [5.74, 6) is 0.620. The van der Waals surface area contributed by atoms with Crippen LogP contribution in [0.15, 0.2) is 65.6 Å². The predicted molar refractivity (Wildman–Crippen MR) is 131 cm³/mol. The van der Waals surface area contributed by atoms with Gasteiger partial charge in [-0.15, -0.1) is 0 Å².